The SMILES string of the molecule is C=CCOC(=O)c1sc(N2C(=O)C(=O)C(=C(O)c3nc4c(C)cccn4c3C)C2c2cccc([N+](=O)[O-])c2)nc1C. The van der Waals surface area contributed by atoms with Crippen molar-refractivity contribution < 1.29 is 29.2 Å². The van der Waals surface area contributed by atoms with Gasteiger partial charge < -0.3 is 14.2 Å². The number of nitrogens with zero attached hydrogens (tertiary/aromatic N) is 5. The van der Waals surface area contributed by atoms with Crippen molar-refractivity contribution in [3.05, 3.63) is 104 Å². The Labute approximate surface area is 237 Å². The lowest BCUT2D eigenvalue weighted by Crippen LogP contribution is -2.29. The summed E-state index contributed by atoms with van der Waals surface area (Å²) >= 11 is 0.824. The number of benzene rings is 1. The number of hydrogen-bond acceptors (Lipinski definition) is 10. The summed E-state index contributed by atoms with van der Waals surface area (Å²) in [6, 6.07) is 7.76. The average molecular weight is 574 g/mol. The number of anilines is 1. The lowest BCUT2D eigenvalue weighted by Gasteiger charge is -2.22. The van der Waals surface area contributed by atoms with Crippen LogP contribution < -0.4 is 4.90 Å². The molecule has 3 aromatic heterocycles. The number of ether oxygens (including phenoxy) is 1. The third kappa shape index (κ3) is 4.55. The van der Waals surface area contributed by atoms with Gasteiger partial charge in [-0.2, -0.15) is 0 Å². The molecule has 41 heavy (non-hydrogen) atoms. The highest BCUT2D eigenvalue weighted by Crippen LogP contribution is 2.44. The number of Topliss-reactive ketones (excluding diaryl/α,β-unsaturated/α-hetero) is 1. The molecule has 4 heterocycles. The van der Waals surface area contributed by atoms with Crippen LogP contribution in [0.3, 0.4) is 0 Å². The van der Waals surface area contributed by atoms with E-state index in [9.17, 15) is 29.6 Å². The monoisotopic (exact) mass is 573 g/mol. The Kier molecular flexibility index (Phi) is 6.97. The van der Waals surface area contributed by atoms with E-state index in [-0.39, 0.29) is 44.8 Å². The molecule has 1 fully saturated rings. The maximum atomic E-state index is 13.6. The Morgan fingerprint density at radius 2 is 1.98 bits per heavy atom. The van der Waals surface area contributed by atoms with Gasteiger partial charge in [0, 0.05) is 18.3 Å². The predicted molar refractivity (Wildman–Crippen MR) is 150 cm³/mol. The van der Waals surface area contributed by atoms with Gasteiger partial charge in [-0.05, 0) is 38.0 Å². The molecule has 0 saturated carbocycles. The molecule has 1 N–H and O–H groups in total. The third-order valence-corrected chi connectivity index (χ3v) is 7.80. The molecule has 5 rings (SSSR count). The van der Waals surface area contributed by atoms with E-state index in [1.54, 1.807) is 24.4 Å². The molecule has 1 unspecified atom stereocenters. The van der Waals surface area contributed by atoms with Gasteiger partial charge in [0.25, 0.3) is 11.5 Å². The third-order valence-electron chi connectivity index (χ3n) is 6.66. The number of nitro groups is 1. The zero-order chi connectivity index (χ0) is 29.6. The number of carbonyl (C=O) groups excluding carboxylic acids is 3. The van der Waals surface area contributed by atoms with Crippen LogP contribution in [0.25, 0.3) is 11.4 Å². The van der Waals surface area contributed by atoms with Crippen molar-refractivity contribution >= 4 is 51.2 Å². The number of pyridine rings is 1. The van der Waals surface area contributed by atoms with E-state index in [1.807, 2.05) is 19.1 Å². The van der Waals surface area contributed by atoms with Gasteiger partial charge in [-0.15, -0.1) is 0 Å². The van der Waals surface area contributed by atoms with Crippen LogP contribution in [0.2, 0.25) is 0 Å². The second-order valence-corrected chi connectivity index (χ2v) is 10.2. The summed E-state index contributed by atoms with van der Waals surface area (Å²) in [6.07, 6.45) is 3.16. The Balaban J connectivity index is 1.74. The number of aliphatic hydroxyl groups excluding tert-OH is 1. The summed E-state index contributed by atoms with van der Waals surface area (Å²) < 4.78 is 6.86. The minimum absolute atomic E-state index is 0.0201. The number of ketones is 1. The molecule has 1 aliphatic heterocycles. The van der Waals surface area contributed by atoms with Crippen LogP contribution >= 0.6 is 11.3 Å². The van der Waals surface area contributed by atoms with Crippen molar-refractivity contribution in [2.75, 3.05) is 11.5 Å². The first kappa shape index (κ1) is 27.4. The number of amides is 1. The summed E-state index contributed by atoms with van der Waals surface area (Å²) in [5.41, 5.74) is 1.80. The minimum Gasteiger partial charge on any atom is -0.505 e. The van der Waals surface area contributed by atoms with Crippen LogP contribution in [0, 0.1) is 30.9 Å². The van der Waals surface area contributed by atoms with Crippen molar-refractivity contribution in [1.82, 2.24) is 14.4 Å². The first-order chi connectivity index (χ1) is 19.5. The Hall–Kier alpha value is -5.17. The zero-order valence-corrected chi connectivity index (χ0v) is 23.0. The van der Waals surface area contributed by atoms with Crippen LogP contribution in [0.4, 0.5) is 10.8 Å². The summed E-state index contributed by atoms with van der Waals surface area (Å²) in [6.45, 7) is 8.57. The molecule has 1 saturated heterocycles. The number of fused-ring (bicyclic) bond motifs is 1. The highest BCUT2D eigenvalue weighted by atomic mass is 32.1. The highest BCUT2D eigenvalue weighted by molar-refractivity contribution is 7.17. The predicted octanol–water partition coefficient (Wildman–Crippen LogP) is 4.59. The number of carbonyl (C=O) groups is 3. The molecule has 1 atom stereocenters. The Morgan fingerprint density at radius 3 is 2.66 bits per heavy atom. The van der Waals surface area contributed by atoms with Gasteiger partial charge >= 0.3 is 11.9 Å². The molecular formula is C28H23N5O7S. The lowest BCUT2D eigenvalue weighted by molar-refractivity contribution is -0.384. The second-order valence-electron chi connectivity index (χ2n) is 9.25. The van der Waals surface area contributed by atoms with Gasteiger partial charge in [-0.25, -0.2) is 14.8 Å². The van der Waals surface area contributed by atoms with Crippen molar-refractivity contribution in [2.45, 2.75) is 26.8 Å². The molecule has 208 valence electrons. The smallest absolute Gasteiger partial charge is 0.350 e. The standard InChI is InChI=1S/C28H23N5O7S/c1-5-12-40-27(37)24-15(3)29-28(41-24)32-21(17-9-6-10-18(13-17)33(38)39)19(23(35)26(32)36)22(34)20-16(4)31-11-7-8-14(2)25(31)30-20/h5-11,13,21,34H,1,12H2,2-4H3. The summed E-state index contributed by atoms with van der Waals surface area (Å²) in [5.74, 6) is -3.29. The fourth-order valence-electron chi connectivity index (χ4n) is 4.70. The number of imidazole rings is 1. The molecule has 0 spiro atoms. The zero-order valence-electron chi connectivity index (χ0n) is 22.2. The molecule has 4 aromatic rings. The molecule has 13 heteroatoms. The number of esters is 1. The van der Waals surface area contributed by atoms with Gasteiger partial charge in [0.15, 0.2) is 10.9 Å². The Morgan fingerprint density at radius 1 is 1.22 bits per heavy atom. The quantitative estimate of drug-likeness (QED) is 0.0635. The van der Waals surface area contributed by atoms with Crippen molar-refractivity contribution in [3.63, 3.8) is 0 Å². The summed E-state index contributed by atoms with van der Waals surface area (Å²) in [5, 5.41) is 23.1. The van der Waals surface area contributed by atoms with Gasteiger partial charge in [0.2, 0.25) is 0 Å². The van der Waals surface area contributed by atoms with Crippen molar-refractivity contribution in [3.8, 4) is 0 Å². The number of aliphatic hydroxyl groups is 1. The number of nitro benzene ring substituents is 1. The molecule has 1 amide bonds. The molecule has 0 bridgehead atoms. The maximum Gasteiger partial charge on any atom is 0.350 e. The van der Waals surface area contributed by atoms with Gasteiger partial charge in [0.1, 0.15) is 22.8 Å². The van der Waals surface area contributed by atoms with Crippen LogP contribution in [-0.4, -0.2) is 48.7 Å². The molecular weight excluding hydrogens is 550 g/mol. The first-order valence-electron chi connectivity index (χ1n) is 12.3. The normalized spacial score (nSPS) is 16.4. The van der Waals surface area contributed by atoms with Crippen LogP contribution in [0.5, 0.6) is 0 Å². The second kappa shape index (κ2) is 10.4. The minimum atomic E-state index is -1.30. The van der Waals surface area contributed by atoms with E-state index < -0.39 is 34.4 Å². The molecule has 0 radical (unpaired) electrons. The number of non-ortho nitro benzene ring substituents is 1. The first-order valence-corrected chi connectivity index (χ1v) is 13.1. The van der Waals surface area contributed by atoms with Gasteiger partial charge in [0.05, 0.1) is 27.9 Å². The molecule has 1 aromatic carbocycles. The highest BCUT2D eigenvalue weighted by Gasteiger charge is 2.49. The van der Waals surface area contributed by atoms with Crippen LogP contribution in [0.1, 0.15) is 43.9 Å². The number of aryl methyl sites for hydroxylation is 3. The topological polar surface area (TPSA) is 157 Å². The lowest BCUT2D eigenvalue weighted by atomic mass is 9.96. The molecule has 1 aliphatic rings. The van der Waals surface area contributed by atoms with E-state index >= 15 is 0 Å². The van der Waals surface area contributed by atoms with E-state index in [1.165, 1.54) is 30.3 Å². The number of rotatable bonds is 7. The van der Waals surface area contributed by atoms with Gasteiger partial charge in [-0.1, -0.05) is 42.2 Å². The Bertz CT molecular complexity index is 1820. The average Bonchev–Trinajstić information content (AvgIpc) is 3.59. The number of thiazole rings is 1. The summed E-state index contributed by atoms with van der Waals surface area (Å²) in [7, 11) is 0. The van der Waals surface area contributed by atoms with Crippen LogP contribution in [-0.2, 0) is 14.3 Å². The van der Waals surface area contributed by atoms with Crippen molar-refractivity contribution in [1.29, 1.82) is 0 Å². The fourth-order valence-corrected chi connectivity index (χ4v) is 5.69. The van der Waals surface area contributed by atoms with Crippen LogP contribution in [0.15, 0.2) is 60.8 Å². The largest absolute Gasteiger partial charge is 0.505 e. The number of aromatic nitrogens is 3. The molecule has 0 aliphatic carbocycles. The van der Waals surface area contributed by atoms with E-state index in [0.717, 1.165) is 21.8 Å². The summed E-state index contributed by atoms with van der Waals surface area (Å²) in [4.78, 5) is 60.7. The van der Waals surface area contributed by atoms with E-state index in [2.05, 4.69) is 16.5 Å². The van der Waals surface area contributed by atoms with E-state index in [0.29, 0.717) is 11.3 Å². The van der Waals surface area contributed by atoms with Crippen molar-refractivity contribution in [2.24, 2.45) is 0 Å². The van der Waals surface area contributed by atoms with E-state index in [4.69, 9.17) is 4.74 Å². The maximum absolute atomic E-state index is 13.6. The number of hydrogen-bond donors (Lipinski definition) is 1. The van der Waals surface area contributed by atoms with Gasteiger partial charge in [-0.3, -0.25) is 24.6 Å². The molecule has 12 nitrogen and oxygen atoms in total. The fraction of sp³-hybridized carbons (Fsp3) is 0.179.